The van der Waals surface area contributed by atoms with E-state index in [1.807, 2.05) is 60.0 Å². The summed E-state index contributed by atoms with van der Waals surface area (Å²) in [5.74, 6) is -0.292. The molecule has 26 heavy (non-hydrogen) atoms. The summed E-state index contributed by atoms with van der Waals surface area (Å²) >= 11 is 1.54. The number of nitrogens with one attached hydrogen (secondary N) is 1. The Morgan fingerprint density at radius 2 is 1.85 bits per heavy atom. The molecule has 4 aromatic rings. The van der Waals surface area contributed by atoms with E-state index < -0.39 is 0 Å². The lowest BCUT2D eigenvalue weighted by atomic mass is 10.1. The van der Waals surface area contributed by atoms with E-state index in [9.17, 15) is 9.59 Å². The third-order valence-electron chi connectivity index (χ3n) is 4.00. The Kier molecular flexibility index (Phi) is 4.33. The molecule has 0 radical (unpaired) electrons. The van der Waals surface area contributed by atoms with Crippen molar-refractivity contribution in [1.29, 1.82) is 0 Å². The van der Waals surface area contributed by atoms with Gasteiger partial charge < -0.3 is 5.32 Å². The van der Waals surface area contributed by atoms with Crippen molar-refractivity contribution in [1.82, 2.24) is 9.78 Å². The molecule has 2 heterocycles. The number of fused-ring (bicyclic) bond motifs is 1. The Balaban J connectivity index is 1.58. The van der Waals surface area contributed by atoms with Crippen LogP contribution in [0.2, 0.25) is 0 Å². The second-order valence-electron chi connectivity index (χ2n) is 5.77. The maximum absolute atomic E-state index is 12.5. The third-order valence-corrected chi connectivity index (χ3v) is 4.89. The molecule has 0 spiro atoms. The Morgan fingerprint density at radius 3 is 2.69 bits per heavy atom. The first-order chi connectivity index (χ1) is 12.7. The monoisotopic (exact) mass is 361 g/mol. The second-order valence-corrected chi connectivity index (χ2v) is 6.71. The van der Waals surface area contributed by atoms with Crippen LogP contribution < -0.4 is 10.9 Å². The summed E-state index contributed by atoms with van der Waals surface area (Å²) in [5.41, 5.74) is 1.09. The van der Waals surface area contributed by atoms with Crippen LogP contribution in [-0.2, 0) is 11.3 Å². The van der Waals surface area contributed by atoms with Crippen LogP contribution in [0.4, 0.5) is 5.69 Å². The molecule has 2 aromatic heterocycles. The Morgan fingerprint density at radius 1 is 1.00 bits per heavy atom. The van der Waals surface area contributed by atoms with Crippen molar-refractivity contribution in [3.63, 3.8) is 0 Å². The molecule has 6 heteroatoms. The van der Waals surface area contributed by atoms with Crippen LogP contribution in [0.15, 0.2) is 76.9 Å². The fraction of sp³-hybridized carbons (Fsp3) is 0.0500. The Labute approximate surface area is 153 Å². The minimum absolute atomic E-state index is 0.138. The maximum atomic E-state index is 12.5. The van der Waals surface area contributed by atoms with E-state index >= 15 is 0 Å². The number of amides is 1. The zero-order valence-corrected chi connectivity index (χ0v) is 14.6. The predicted octanol–water partition coefficient (Wildman–Crippen LogP) is 3.76. The zero-order valence-electron chi connectivity index (χ0n) is 13.8. The largest absolute Gasteiger partial charge is 0.324 e. The smallest absolute Gasteiger partial charge is 0.267 e. The molecule has 5 nitrogen and oxygen atoms in total. The van der Waals surface area contributed by atoms with Gasteiger partial charge in [-0.05, 0) is 29.0 Å². The molecule has 0 aliphatic heterocycles. The summed E-state index contributed by atoms with van der Waals surface area (Å²) < 4.78 is 1.19. The van der Waals surface area contributed by atoms with Gasteiger partial charge in [0.05, 0.1) is 4.88 Å². The third kappa shape index (κ3) is 3.27. The Hall–Kier alpha value is -3.25. The number of carbonyl (C=O) groups excluding carboxylic acids is 1. The van der Waals surface area contributed by atoms with Crippen molar-refractivity contribution in [3.05, 3.63) is 82.5 Å². The van der Waals surface area contributed by atoms with Crippen LogP contribution >= 0.6 is 11.3 Å². The molecule has 0 aliphatic carbocycles. The molecule has 0 saturated heterocycles. The van der Waals surface area contributed by atoms with Crippen LogP contribution in [0.3, 0.4) is 0 Å². The van der Waals surface area contributed by atoms with Gasteiger partial charge in [0.15, 0.2) is 0 Å². The van der Waals surface area contributed by atoms with E-state index in [2.05, 4.69) is 10.4 Å². The first-order valence-corrected chi connectivity index (χ1v) is 8.98. The summed E-state index contributed by atoms with van der Waals surface area (Å²) in [7, 11) is 0. The number of aromatic nitrogens is 2. The van der Waals surface area contributed by atoms with E-state index in [1.54, 1.807) is 6.07 Å². The number of carbonyl (C=O) groups is 1. The van der Waals surface area contributed by atoms with Gasteiger partial charge in [0.25, 0.3) is 5.56 Å². The van der Waals surface area contributed by atoms with Gasteiger partial charge in [0.2, 0.25) is 5.91 Å². The highest BCUT2D eigenvalue weighted by molar-refractivity contribution is 7.13. The van der Waals surface area contributed by atoms with Crippen molar-refractivity contribution < 1.29 is 4.79 Å². The maximum Gasteiger partial charge on any atom is 0.267 e. The highest BCUT2D eigenvalue weighted by Crippen LogP contribution is 2.23. The van der Waals surface area contributed by atoms with Crippen LogP contribution in [0.25, 0.3) is 21.3 Å². The number of thiophene rings is 1. The molecule has 0 bridgehead atoms. The van der Waals surface area contributed by atoms with Gasteiger partial charge in [-0.1, -0.05) is 42.5 Å². The Bertz CT molecular complexity index is 1130. The molecule has 0 atom stereocenters. The standard InChI is InChI=1S/C20H15N3O2S/c24-19(21-16-8-3-6-14-5-1-2-7-15(14)16)13-23-20(25)11-10-17(22-23)18-9-4-12-26-18/h1-12H,13H2,(H,21,24). The van der Waals surface area contributed by atoms with E-state index in [1.165, 1.54) is 22.1 Å². The van der Waals surface area contributed by atoms with Crippen LogP contribution in [0.5, 0.6) is 0 Å². The quantitative estimate of drug-likeness (QED) is 0.602. The molecule has 2 aromatic carbocycles. The van der Waals surface area contributed by atoms with Crippen LogP contribution in [0.1, 0.15) is 0 Å². The number of rotatable bonds is 4. The van der Waals surface area contributed by atoms with Gasteiger partial charge >= 0.3 is 0 Å². The number of hydrogen-bond acceptors (Lipinski definition) is 4. The minimum atomic E-state index is -0.307. The van der Waals surface area contributed by atoms with E-state index in [4.69, 9.17) is 0 Å². The second kappa shape index (κ2) is 6.93. The first kappa shape index (κ1) is 16.2. The van der Waals surface area contributed by atoms with Gasteiger partial charge in [0.1, 0.15) is 12.2 Å². The zero-order chi connectivity index (χ0) is 17.9. The number of anilines is 1. The summed E-state index contributed by atoms with van der Waals surface area (Å²) in [5, 5.41) is 11.1. The van der Waals surface area contributed by atoms with Gasteiger partial charge in [-0.15, -0.1) is 11.3 Å². The van der Waals surface area contributed by atoms with Gasteiger partial charge in [0, 0.05) is 17.1 Å². The van der Waals surface area contributed by atoms with Crippen molar-refractivity contribution in [3.8, 4) is 10.6 Å². The predicted molar refractivity (Wildman–Crippen MR) is 104 cm³/mol. The molecular weight excluding hydrogens is 346 g/mol. The number of nitrogens with zero attached hydrogens (tertiary/aromatic N) is 2. The lowest BCUT2D eigenvalue weighted by molar-refractivity contribution is -0.117. The van der Waals surface area contributed by atoms with Gasteiger partial charge in [-0.3, -0.25) is 9.59 Å². The number of hydrogen-bond donors (Lipinski definition) is 1. The molecule has 0 aliphatic rings. The van der Waals surface area contributed by atoms with Crippen LogP contribution in [-0.4, -0.2) is 15.7 Å². The van der Waals surface area contributed by atoms with E-state index in [-0.39, 0.29) is 18.0 Å². The molecule has 1 N–H and O–H groups in total. The molecule has 128 valence electrons. The van der Waals surface area contributed by atoms with Gasteiger partial charge in [-0.2, -0.15) is 5.10 Å². The molecule has 0 unspecified atom stereocenters. The van der Waals surface area contributed by atoms with E-state index in [0.717, 1.165) is 21.3 Å². The highest BCUT2D eigenvalue weighted by atomic mass is 32.1. The van der Waals surface area contributed by atoms with Crippen molar-refractivity contribution in [2.75, 3.05) is 5.32 Å². The fourth-order valence-corrected chi connectivity index (χ4v) is 3.47. The van der Waals surface area contributed by atoms with Gasteiger partial charge in [-0.25, -0.2) is 4.68 Å². The first-order valence-electron chi connectivity index (χ1n) is 8.10. The van der Waals surface area contributed by atoms with E-state index in [0.29, 0.717) is 5.69 Å². The van der Waals surface area contributed by atoms with Crippen molar-refractivity contribution in [2.45, 2.75) is 6.54 Å². The summed E-state index contributed by atoms with van der Waals surface area (Å²) in [6, 6.07) is 20.5. The lowest BCUT2D eigenvalue weighted by Gasteiger charge is -2.10. The average molecular weight is 361 g/mol. The molecule has 4 rings (SSSR count). The number of benzene rings is 2. The topological polar surface area (TPSA) is 64.0 Å². The normalized spacial score (nSPS) is 10.8. The molecule has 0 saturated carbocycles. The molecule has 0 fully saturated rings. The minimum Gasteiger partial charge on any atom is -0.324 e. The summed E-state index contributed by atoms with van der Waals surface area (Å²) in [4.78, 5) is 25.5. The molecular formula is C20H15N3O2S. The SMILES string of the molecule is O=C(Cn1nc(-c2cccs2)ccc1=O)Nc1cccc2ccccc12. The van der Waals surface area contributed by atoms with Crippen molar-refractivity contribution >= 4 is 33.7 Å². The molecule has 1 amide bonds. The summed E-state index contributed by atoms with van der Waals surface area (Å²) in [6.07, 6.45) is 0. The van der Waals surface area contributed by atoms with Crippen molar-refractivity contribution in [2.24, 2.45) is 0 Å². The van der Waals surface area contributed by atoms with Crippen LogP contribution in [0, 0.1) is 0 Å². The fourth-order valence-electron chi connectivity index (χ4n) is 2.78. The lowest BCUT2D eigenvalue weighted by Crippen LogP contribution is -2.29. The average Bonchev–Trinajstić information content (AvgIpc) is 3.18. The summed E-state index contributed by atoms with van der Waals surface area (Å²) in [6.45, 7) is -0.138. The highest BCUT2D eigenvalue weighted by Gasteiger charge is 2.10.